The summed E-state index contributed by atoms with van der Waals surface area (Å²) in [4.78, 5) is 30.5. The fourth-order valence-corrected chi connectivity index (χ4v) is 2.91. The maximum atomic E-state index is 12.8. The molecule has 2 aromatic carbocycles. The molecule has 1 aliphatic rings. The summed E-state index contributed by atoms with van der Waals surface area (Å²) in [6.07, 6.45) is 1.36. The zero-order valence-electron chi connectivity index (χ0n) is 13.3. The molecular formula is C18H14BrN3O2S. The number of amides is 2. The lowest BCUT2D eigenvalue weighted by Gasteiger charge is -2.30. The van der Waals surface area contributed by atoms with Gasteiger partial charge in [-0.05, 0) is 55.5 Å². The molecule has 126 valence electrons. The Morgan fingerprint density at radius 2 is 1.76 bits per heavy atom. The van der Waals surface area contributed by atoms with Crippen LogP contribution in [-0.4, -0.2) is 23.1 Å². The number of halogens is 1. The highest BCUT2D eigenvalue weighted by Crippen LogP contribution is 2.23. The van der Waals surface area contributed by atoms with E-state index in [1.54, 1.807) is 24.3 Å². The van der Waals surface area contributed by atoms with E-state index in [4.69, 9.17) is 12.2 Å². The van der Waals surface area contributed by atoms with Crippen LogP contribution >= 0.6 is 28.1 Å². The van der Waals surface area contributed by atoms with Gasteiger partial charge < -0.3 is 5.32 Å². The van der Waals surface area contributed by atoms with E-state index in [2.05, 4.69) is 26.2 Å². The van der Waals surface area contributed by atoms with Gasteiger partial charge >= 0.3 is 0 Å². The van der Waals surface area contributed by atoms with Crippen molar-refractivity contribution in [1.29, 1.82) is 0 Å². The molecule has 3 rings (SSSR count). The predicted molar refractivity (Wildman–Crippen MR) is 105 cm³/mol. The van der Waals surface area contributed by atoms with Crippen molar-refractivity contribution in [3.05, 3.63) is 58.6 Å². The van der Waals surface area contributed by atoms with Crippen LogP contribution in [0.2, 0.25) is 0 Å². The molecule has 1 heterocycles. The summed E-state index contributed by atoms with van der Waals surface area (Å²) in [5.74, 6) is -1.93. The molecular weight excluding hydrogens is 402 g/mol. The van der Waals surface area contributed by atoms with Crippen LogP contribution in [0.5, 0.6) is 0 Å². The van der Waals surface area contributed by atoms with E-state index in [9.17, 15) is 9.59 Å². The van der Waals surface area contributed by atoms with Crippen LogP contribution in [0.15, 0.2) is 58.0 Å². The summed E-state index contributed by atoms with van der Waals surface area (Å²) < 4.78 is 0.883. The van der Waals surface area contributed by atoms with Gasteiger partial charge in [0.05, 0.1) is 11.4 Å². The average Bonchev–Trinajstić information content (AvgIpc) is 2.57. The monoisotopic (exact) mass is 415 g/mol. The molecule has 1 aliphatic heterocycles. The maximum Gasteiger partial charge on any atom is 0.251 e. The van der Waals surface area contributed by atoms with E-state index in [1.807, 2.05) is 31.2 Å². The summed E-state index contributed by atoms with van der Waals surface area (Å²) in [5.41, 5.74) is 2.37. The van der Waals surface area contributed by atoms with Crippen molar-refractivity contribution in [3.8, 4) is 0 Å². The topological polar surface area (TPSA) is 61.8 Å². The van der Waals surface area contributed by atoms with Gasteiger partial charge in [-0.2, -0.15) is 0 Å². The highest BCUT2D eigenvalue weighted by Gasteiger charge is 2.38. The summed E-state index contributed by atoms with van der Waals surface area (Å²) >= 11 is 8.51. The van der Waals surface area contributed by atoms with E-state index in [-0.39, 0.29) is 5.11 Å². The molecule has 0 radical (unpaired) electrons. The molecule has 1 atom stereocenters. The van der Waals surface area contributed by atoms with Crippen LogP contribution in [0, 0.1) is 12.8 Å². The van der Waals surface area contributed by atoms with Crippen LogP contribution in [0.3, 0.4) is 0 Å². The second kappa shape index (κ2) is 7.25. The van der Waals surface area contributed by atoms with Crippen LogP contribution < -0.4 is 10.2 Å². The minimum absolute atomic E-state index is 0.0670. The third kappa shape index (κ3) is 3.83. The average molecular weight is 416 g/mol. The SMILES string of the molecule is Cc1ccc(N=C[C@H]2C(=O)NC(=S)N(c3ccc(Br)cc3)C2=O)cc1. The Balaban J connectivity index is 1.87. The number of rotatable bonds is 3. The van der Waals surface area contributed by atoms with Crippen molar-refractivity contribution in [1.82, 2.24) is 5.32 Å². The number of carbonyl (C=O) groups excluding carboxylic acids is 2. The Kier molecular flexibility index (Phi) is 5.06. The van der Waals surface area contributed by atoms with Crippen LogP contribution in [0.1, 0.15) is 5.56 Å². The Morgan fingerprint density at radius 3 is 2.40 bits per heavy atom. The number of benzene rings is 2. The van der Waals surface area contributed by atoms with Gasteiger partial charge in [-0.15, -0.1) is 0 Å². The van der Waals surface area contributed by atoms with E-state index < -0.39 is 17.7 Å². The Bertz CT molecular complexity index is 863. The zero-order valence-corrected chi connectivity index (χ0v) is 15.7. The molecule has 0 unspecified atom stereocenters. The Morgan fingerprint density at radius 1 is 1.12 bits per heavy atom. The van der Waals surface area contributed by atoms with Gasteiger partial charge in [0.15, 0.2) is 11.0 Å². The fraction of sp³-hybridized carbons (Fsp3) is 0.111. The first kappa shape index (κ1) is 17.4. The third-order valence-electron chi connectivity index (χ3n) is 3.69. The van der Waals surface area contributed by atoms with Gasteiger partial charge in [-0.3, -0.25) is 19.5 Å². The van der Waals surface area contributed by atoms with E-state index in [0.29, 0.717) is 11.4 Å². The fourth-order valence-electron chi connectivity index (χ4n) is 2.35. The highest BCUT2D eigenvalue weighted by molar-refractivity contribution is 9.10. The molecule has 0 aliphatic carbocycles. The van der Waals surface area contributed by atoms with Gasteiger partial charge in [-0.25, -0.2) is 0 Å². The van der Waals surface area contributed by atoms with Gasteiger partial charge in [0.1, 0.15) is 0 Å². The Labute approximate surface area is 158 Å². The number of thiocarbonyl (C=S) groups is 1. The molecule has 0 spiro atoms. The highest BCUT2D eigenvalue weighted by atomic mass is 79.9. The molecule has 1 fully saturated rings. The molecule has 2 amide bonds. The van der Waals surface area contributed by atoms with Crippen molar-refractivity contribution in [2.45, 2.75) is 6.92 Å². The normalized spacial score (nSPS) is 17.9. The molecule has 0 aromatic heterocycles. The minimum Gasteiger partial charge on any atom is -0.301 e. The first-order chi connectivity index (χ1) is 12.0. The van der Waals surface area contributed by atoms with Crippen molar-refractivity contribution in [2.75, 3.05) is 4.90 Å². The second-order valence-corrected chi connectivity index (χ2v) is 6.84. The smallest absolute Gasteiger partial charge is 0.251 e. The van der Waals surface area contributed by atoms with Gasteiger partial charge in [0, 0.05) is 10.7 Å². The summed E-state index contributed by atoms with van der Waals surface area (Å²) in [5, 5.41) is 2.63. The van der Waals surface area contributed by atoms with Crippen molar-refractivity contribution in [3.63, 3.8) is 0 Å². The number of carbonyl (C=O) groups is 2. The molecule has 2 aromatic rings. The molecule has 0 bridgehead atoms. The number of aryl methyl sites for hydroxylation is 1. The third-order valence-corrected chi connectivity index (χ3v) is 4.51. The van der Waals surface area contributed by atoms with Crippen molar-refractivity contribution >= 4 is 62.7 Å². The van der Waals surface area contributed by atoms with E-state index in [0.717, 1.165) is 10.0 Å². The number of nitrogens with zero attached hydrogens (tertiary/aromatic N) is 2. The van der Waals surface area contributed by atoms with Crippen molar-refractivity contribution in [2.24, 2.45) is 10.9 Å². The zero-order chi connectivity index (χ0) is 18.0. The lowest BCUT2D eigenvalue weighted by Crippen LogP contribution is -2.58. The summed E-state index contributed by atoms with van der Waals surface area (Å²) in [6.45, 7) is 1.97. The van der Waals surface area contributed by atoms with E-state index >= 15 is 0 Å². The first-order valence-corrected chi connectivity index (χ1v) is 8.71. The molecule has 0 saturated carbocycles. The van der Waals surface area contributed by atoms with Crippen molar-refractivity contribution < 1.29 is 9.59 Å². The summed E-state index contributed by atoms with van der Waals surface area (Å²) in [7, 11) is 0. The van der Waals surface area contributed by atoms with Crippen LogP contribution in [0.4, 0.5) is 11.4 Å². The molecule has 7 heteroatoms. The van der Waals surface area contributed by atoms with Gasteiger partial charge in [0.25, 0.3) is 5.91 Å². The predicted octanol–water partition coefficient (Wildman–Crippen LogP) is 3.52. The lowest BCUT2D eigenvalue weighted by atomic mass is 10.1. The van der Waals surface area contributed by atoms with Crippen LogP contribution in [0.25, 0.3) is 0 Å². The number of aliphatic imine (C=N–C) groups is 1. The second-order valence-electron chi connectivity index (χ2n) is 5.54. The molecule has 1 saturated heterocycles. The number of hydrogen-bond acceptors (Lipinski definition) is 4. The summed E-state index contributed by atoms with van der Waals surface area (Å²) in [6, 6.07) is 14.6. The van der Waals surface area contributed by atoms with Crippen LogP contribution in [-0.2, 0) is 9.59 Å². The minimum atomic E-state index is -1.03. The quantitative estimate of drug-likeness (QED) is 0.473. The number of nitrogens with one attached hydrogen (secondary N) is 1. The standard InChI is InChI=1S/C18H14BrN3O2S/c1-11-2-6-13(7-3-11)20-10-15-16(23)21-18(25)22(17(15)24)14-8-4-12(19)5-9-14/h2-10,15H,1H3,(H,21,23,25)/t15-/m0/s1. The first-order valence-electron chi connectivity index (χ1n) is 7.51. The van der Waals surface area contributed by atoms with E-state index in [1.165, 1.54) is 11.1 Å². The van der Waals surface area contributed by atoms with Gasteiger partial charge in [0.2, 0.25) is 5.91 Å². The Hall–Kier alpha value is -2.38. The van der Waals surface area contributed by atoms with Gasteiger partial charge in [-0.1, -0.05) is 33.6 Å². The largest absolute Gasteiger partial charge is 0.301 e. The number of hydrogen-bond donors (Lipinski definition) is 1. The lowest BCUT2D eigenvalue weighted by molar-refractivity contribution is -0.130. The maximum absolute atomic E-state index is 12.8. The molecule has 25 heavy (non-hydrogen) atoms. The molecule has 1 N–H and O–H groups in total. The number of anilines is 1. The molecule has 5 nitrogen and oxygen atoms in total.